The van der Waals surface area contributed by atoms with Crippen LogP contribution in [0.3, 0.4) is 0 Å². The number of anilines is 1. The lowest BCUT2D eigenvalue weighted by atomic mass is 9.79. The van der Waals surface area contributed by atoms with Gasteiger partial charge in [-0.3, -0.25) is 4.79 Å². The largest absolute Gasteiger partial charge is 0.490 e. The number of amides is 1. The van der Waals surface area contributed by atoms with Crippen LogP contribution in [-0.4, -0.2) is 42.4 Å². The van der Waals surface area contributed by atoms with Crippen molar-refractivity contribution in [3.8, 4) is 5.75 Å². The van der Waals surface area contributed by atoms with Gasteiger partial charge < -0.3 is 20.1 Å². The minimum atomic E-state index is -0.268. The van der Waals surface area contributed by atoms with Crippen molar-refractivity contribution in [3.05, 3.63) is 24.3 Å². The number of rotatable bonds is 5. The Kier molecular flexibility index (Phi) is 4.52. The Labute approximate surface area is 179 Å². The molecule has 1 heterocycles. The van der Waals surface area contributed by atoms with Gasteiger partial charge in [-0.2, -0.15) is 0 Å². The average molecular weight is 411 g/mol. The molecule has 1 amide bonds. The maximum absolute atomic E-state index is 13.3. The molecule has 6 fully saturated rings. The van der Waals surface area contributed by atoms with Gasteiger partial charge in [0.15, 0.2) is 0 Å². The molecule has 1 aromatic carbocycles. The molecule has 0 radical (unpaired) electrons. The van der Waals surface area contributed by atoms with Crippen LogP contribution >= 0.6 is 0 Å². The van der Waals surface area contributed by atoms with Crippen LogP contribution in [0.5, 0.6) is 5.75 Å². The first-order valence-corrected chi connectivity index (χ1v) is 12.1. The van der Waals surface area contributed by atoms with Crippen LogP contribution in [0.4, 0.5) is 5.69 Å². The predicted octanol–water partition coefficient (Wildman–Crippen LogP) is 3.50. The maximum Gasteiger partial charge on any atom is 0.226 e. The molecule has 6 aliphatic rings. The molecule has 5 aliphatic carbocycles. The van der Waals surface area contributed by atoms with Crippen molar-refractivity contribution in [2.45, 2.75) is 76.0 Å². The normalized spacial score (nSPS) is 39.8. The number of piperidine rings is 1. The lowest BCUT2D eigenvalue weighted by Crippen LogP contribution is -2.52. The molecular formula is C25H34N2O3. The summed E-state index contributed by atoms with van der Waals surface area (Å²) in [6.07, 6.45) is 10.2. The molecule has 5 unspecified atom stereocenters. The minimum Gasteiger partial charge on any atom is -0.490 e. The van der Waals surface area contributed by atoms with Crippen molar-refractivity contribution in [2.24, 2.45) is 23.2 Å². The highest BCUT2D eigenvalue weighted by molar-refractivity contribution is 5.85. The van der Waals surface area contributed by atoms with E-state index in [4.69, 9.17) is 4.74 Å². The van der Waals surface area contributed by atoms with E-state index in [0.717, 1.165) is 50.9 Å². The summed E-state index contributed by atoms with van der Waals surface area (Å²) in [5.74, 6) is 2.37. The molecule has 1 saturated heterocycles. The highest BCUT2D eigenvalue weighted by Gasteiger charge is 2.70. The van der Waals surface area contributed by atoms with E-state index in [1.165, 1.54) is 31.4 Å². The first kappa shape index (κ1) is 19.0. The third-order valence-corrected chi connectivity index (χ3v) is 8.96. The molecule has 5 saturated carbocycles. The molecular weight excluding hydrogens is 376 g/mol. The topological polar surface area (TPSA) is 61.8 Å². The number of carbonyl (C=O) groups excluding carboxylic acids is 1. The molecule has 162 valence electrons. The van der Waals surface area contributed by atoms with Gasteiger partial charge in [-0.1, -0.05) is 0 Å². The molecule has 1 aliphatic heterocycles. The molecule has 5 nitrogen and oxygen atoms in total. The minimum absolute atomic E-state index is 0.198. The van der Waals surface area contributed by atoms with E-state index in [9.17, 15) is 9.90 Å². The Morgan fingerprint density at radius 2 is 1.90 bits per heavy atom. The zero-order chi connectivity index (χ0) is 20.3. The smallest absolute Gasteiger partial charge is 0.226 e. The van der Waals surface area contributed by atoms with Gasteiger partial charge in [0.25, 0.3) is 0 Å². The van der Waals surface area contributed by atoms with Gasteiger partial charge in [0.1, 0.15) is 5.75 Å². The Balaban J connectivity index is 1.08. The second-order valence-electron chi connectivity index (χ2n) is 10.6. The van der Waals surface area contributed by atoms with Gasteiger partial charge in [-0.25, -0.2) is 0 Å². The number of carbonyl (C=O) groups is 1. The number of hydrogen-bond donors (Lipinski definition) is 2. The van der Waals surface area contributed by atoms with Gasteiger partial charge in [0.05, 0.1) is 17.6 Å². The summed E-state index contributed by atoms with van der Waals surface area (Å²) in [6.45, 7) is 1.90. The summed E-state index contributed by atoms with van der Waals surface area (Å²) in [5.41, 5.74) is 0.946. The van der Waals surface area contributed by atoms with E-state index >= 15 is 0 Å². The van der Waals surface area contributed by atoms with Crippen LogP contribution in [0.15, 0.2) is 24.3 Å². The van der Waals surface area contributed by atoms with Gasteiger partial charge in [0, 0.05) is 24.8 Å². The van der Waals surface area contributed by atoms with Crippen LogP contribution in [-0.2, 0) is 4.79 Å². The monoisotopic (exact) mass is 410 g/mol. The van der Waals surface area contributed by atoms with Crippen molar-refractivity contribution in [1.29, 1.82) is 0 Å². The van der Waals surface area contributed by atoms with Crippen molar-refractivity contribution >= 4 is 11.6 Å². The molecule has 1 aromatic rings. The molecule has 5 heteroatoms. The van der Waals surface area contributed by atoms with Crippen LogP contribution in [0.2, 0.25) is 0 Å². The standard InChI is InChI=1S/C25H34N2O3/c28-23-21-14-25(13-16(21)12-22(23)25)24(29)26-17-4-3-11-27(15-17)18-7-9-20(10-8-18)30-19-5-1-2-6-19/h7-10,16-17,19,21-23,28H,1-6,11-15H2,(H,26,29)/t16?,17-,21?,22?,23?,25?/m0/s1. The predicted molar refractivity (Wildman–Crippen MR) is 115 cm³/mol. The van der Waals surface area contributed by atoms with E-state index in [1.807, 2.05) is 0 Å². The number of benzene rings is 1. The Morgan fingerprint density at radius 3 is 2.57 bits per heavy atom. The van der Waals surface area contributed by atoms with E-state index < -0.39 is 0 Å². The Morgan fingerprint density at radius 1 is 1.10 bits per heavy atom. The summed E-state index contributed by atoms with van der Waals surface area (Å²) in [7, 11) is 0. The molecule has 2 N–H and O–H groups in total. The fraction of sp³-hybridized carbons (Fsp3) is 0.720. The zero-order valence-electron chi connectivity index (χ0n) is 17.8. The fourth-order valence-electron chi connectivity index (χ4n) is 7.51. The maximum atomic E-state index is 13.3. The molecule has 0 aromatic heterocycles. The Bertz CT molecular complexity index is 803. The second-order valence-corrected chi connectivity index (χ2v) is 10.6. The lowest BCUT2D eigenvalue weighted by Gasteiger charge is -2.37. The number of ether oxygens (including phenoxy) is 1. The average Bonchev–Trinajstić information content (AvgIpc) is 3.56. The molecule has 0 spiro atoms. The second kappa shape index (κ2) is 7.15. The van der Waals surface area contributed by atoms with Crippen molar-refractivity contribution in [1.82, 2.24) is 5.32 Å². The quantitative estimate of drug-likeness (QED) is 0.780. The molecule has 4 bridgehead atoms. The summed E-state index contributed by atoms with van der Waals surface area (Å²) in [4.78, 5) is 15.7. The highest BCUT2D eigenvalue weighted by atomic mass is 16.5. The van der Waals surface area contributed by atoms with E-state index in [1.54, 1.807) is 0 Å². The summed E-state index contributed by atoms with van der Waals surface area (Å²) < 4.78 is 6.10. The number of aliphatic hydroxyl groups is 1. The van der Waals surface area contributed by atoms with Gasteiger partial charge in [-0.05, 0) is 99.8 Å². The summed E-state index contributed by atoms with van der Waals surface area (Å²) >= 11 is 0. The number of nitrogens with one attached hydrogen (secondary N) is 1. The van der Waals surface area contributed by atoms with Crippen LogP contribution in [0.1, 0.15) is 57.8 Å². The van der Waals surface area contributed by atoms with Crippen molar-refractivity contribution in [3.63, 3.8) is 0 Å². The molecule has 6 atom stereocenters. The zero-order valence-corrected chi connectivity index (χ0v) is 17.8. The highest BCUT2D eigenvalue weighted by Crippen LogP contribution is 2.70. The first-order chi connectivity index (χ1) is 14.6. The van der Waals surface area contributed by atoms with Crippen molar-refractivity contribution in [2.75, 3.05) is 18.0 Å². The number of aliphatic hydroxyl groups excluding tert-OH is 1. The third-order valence-electron chi connectivity index (χ3n) is 8.96. The van der Waals surface area contributed by atoms with Crippen LogP contribution in [0, 0.1) is 23.2 Å². The summed E-state index contributed by atoms with van der Waals surface area (Å²) in [5, 5.41) is 13.9. The Hall–Kier alpha value is -1.75. The van der Waals surface area contributed by atoms with Crippen molar-refractivity contribution < 1.29 is 14.6 Å². The van der Waals surface area contributed by atoms with E-state index in [2.05, 4.69) is 34.5 Å². The summed E-state index contributed by atoms with van der Waals surface area (Å²) in [6, 6.07) is 8.72. The van der Waals surface area contributed by atoms with Gasteiger partial charge >= 0.3 is 0 Å². The van der Waals surface area contributed by atoms with Crippen LogP contribution < -0.4 is 15.0 Å². The number of nitrogens with zero attached hydrogens (tertiary/aromatic N) is 1. The van der Waals surface area contributed by atoms with E-state index in [0.29, 0.717) is 17.9 Å². The van der Waals surface area contributed by atoms with Gasteiger partial charge in [0.2, 0.25) is 5.91 Å². The van der Waals surface area contributed by atoms with Gasteiger partial charge in [-0.15, -0.1) is 0 Å². The van der Waals surface area contributed by atoms with E-state index in [-0.39, 0.29) is 29.4 Å². The SMILES string of the molecule is O=C(N[C@H]1CCCN(c2ccc(OC3CCCC3)cc2)C1)C12CC3CC1C(O)C3C2. The van der Waals surface area contributed by atoms with Crippen LogP contribution in [0.25, 0.3) is 0 Å². The molecule has 7 rings (SSSR count). The first-order valence-electron chi connectivity index (χ1n) is 12.1. The third kappa shape index (κ3) is 2.96. The number of hydrogen-bond acceptors (Lipinski definition) is 4. The molecule has 30 heavy (non-hydrogen) atoms. The fourth-order valence-corrected chi connectivity index (χ4v) is 7.51. The lowest BCUT2D eigenvalue weighted by molar-refractivity contribution is -0.133.